The number of nitrogens with zero attached hydrogens (tertiary/aromatic N) is 3. The summed E-state index contributed by atoms with van der Waals surface area (Å²) in [6, 6.07) is 1.67. The summed E-state index contributed by atoms with van der Waals surface area (Å²) in [6.07, 6.45) is 7.21. The summed E-state index contributed by atoms with van der Waals surface area (Å²) in [7, 11) is 4.02. The minimum absolute atomic E-state index is 0.0642. The fourth-order valence-electron chi connectivity index (χ4n) is 3.79. The molecular formula is C21H31N3O3. The molecule has 1 amide bonds. The van der Waals surface area contributed by atoms with E-state index in [2.05, 4.69) is 22.9 Å². The average molecular weight is 373 g/mol. The molecule has 2 aliphatic rings. The van der Waals surface area contributed by atoms with Crippen LogP contribution in [0, 0.1) is 5.92 Å². The fraction of sp³-hybridized carbons (Fsp3) is 0.619. The highest BCUT2D eigenvalue weighted by Gasteiger charge is 2.34. The zero-order chi connectivity index (χ0) is 19.6. The second-order valence-corrected chi connectivity index (χ2v) is 8.08. The minimum Gasteiger partial charge on any atom is -0.472 e. The van der Waals surface area contributed by atoms with Gasteiger partial charge < -0.3 is 19.6 Å². The number of rotatable bonds is 5. The molecule has 2 heterocycles. The van der Waals surface area contributed by atoms with Gasteiger partial charge in [0, 0.05) is 25.2 Å². The predicted molar refractivity (Wildman–Crippen MR) is 106 cm³/mol. The van der Waals surface area contributed by atoms with E-state index in [0.29, 0.717) is 18.0 Å². The van der Waals surface area contributed by atoms with Crippen LogP contribution in [0.25, 0.3) is 5.57 Å². The van der Waals surface area contributed by atoms with E-state index in [1.54, 1.807) is 4.90 Å². The monoisotopic (exact) mass is 373 g/mol. The smallest absolute Gasteiger partial charge is 0.259 e. The Bertz CT molecular complexity index is 717. The lowest BCUT2D eigenvalue weighted by Crippen LogP contribution is -2.49. The molecule has 3 atom stereocenters. The number of aliphatic hydroxyl groups excluding tert-OH is 1. The molecule has 0 radical (unpaired) electrons. The summed E-state index contributed by atoms with van der Waals surface area (Å²) in [5.74, 6) is 0.406. The first-order valence-corrected chi connectivity index (χ1v) is 9.83. The van der Waals surface area contributed by atoms with Gasteiger partial charge in [-0.2, -0.15) is 0 Å². The van der Waals surface area contributed by atoms with E-state index in [-0.39, 0.29) is 30.6 Å². The Kier molecular flexibility index (Phi) is 6.17. The van der Waals surface area contributed by atoms with Crippen LogP contribution in [0.15, 0.2) is 18.3 Å². The van der Waals surface area contributed by atoms with Crippen LogP contribution < -0.4 is 4.74 Å². The molecule has 1 aromatic heterocycles. The second-order valence-electron chi connectivity index (χ2n) is 8.08. The van der Waals surface area contributed by atoms with Gasteiger partial charge in [-0.15, -0.1) is 0 Å². The molecule has 1 aromatic rings. The number of amides is 1. The SMILES string of the molecule is C[C@@H]1CN([C@@H](C)CO)C(=O)c2cc(C3=CCCC3)cnc2O[C@H]1CN(C)C. The van der Waals surface area contributed by atoms with Crippen LogP contribution >= 0.6 is 0 Å². The van der Waals surface area contributed by atoms with Crippen molar-refractivity contribution in [2.24, 2.45) is 5.92 Å². The zero-order valence-corrected chi connectivity index (χ0v) is 16.8. The van der Waals surface area contributed by atoms with Gasteiger partial charge in [0.05, 0.1) is 12.6 Å². The molecule has 1 aliphatic heterocycles. The maximum atomic E-state index is 13.3. The third-order valence-electron chi connectivity index (χ3n) is 5.48. The van der Waals surface area contributed by atoms with Gasteiger partial charge in [0.15, 0.2) is 0 Å². The van der Waals surface area contributed by atoms with Crippen molar-refractivity contribution in [1.82, 2.24) is 14.8 Å². The minimum atomic E-state index is -0.250. The van der Waals surface area contributed by atoms with E-state index in [4.69, 9.17) is 4.74 Å². The van der Waals surface area contributed by atoms with E-state index < -0.39 is 0 Å². The third kappa shape index (κ3) is 4.33. The molecule has 0 fully saturated rings. The number of hydrogen-bond acceptors (Lipinski definition) is 5. The summed E-state index contributed by atoms with van der Waals surface area (Å²) in [5.41, 5.74) is 2.74. The molecule has 6 nitrogen and oxygen atoms in total. The fourth-order valence-corrected chi connectivity index (χ4v) is 3.79. The van der Waals surface area contributed by atoms with Crippen LogP contribution in [0.4, 0.5) is 0 Å². The Morgan fingerprint density at radius 2 is 2.22 bits per heavy atom. The lowest BCUT2D eigenvalue weighted by molar-refractivity contribution is 0.0348. The quantitative estimate of drug-likeness (QED) is 0.859. The zero-order valence-electron chi connectivity index (χ0n) is 16.8. The molecule has 6 heteroatoms. The summed E-state index contributed by atoms with van der Waals surface area (Å²) < 4.78 is 6.23. The number of hydrogen-bond donors (Lipinski definition) is 1. The maximum Gasteiger partial charge on any atom is 0.259 e. The Balaban J connectivity index is 2.02. The number of likely N-dealkylation sites (N-methyl/N-ethyl adjacent to an activating group) is 1. The van der Waals surface area contributed by atoms with Crippen molar-refractivity contribution in [1.29, 1.82) is 0 Å². The second kappa shape index (κ2) is 8.40. The van der Waals surface area contributed by atoms with Crippen LogP contribution in [0.2, 0.25) is 0 Å². The largest absolute Gasteiger partial charge is 0.472 e. The highest BCUT2D eigenvalue weighted by Crippen LogP contribution is 2.32. The average Bonchev–Trinajstić information content (AvgIpc) is 3.18. The van der Waals surface area contributed by atoms with E-state index in [9.17, 15) is 9.90 Å². The van der Waals surface area contributed by atoms with Crippen molar-refractivity contribution in [3.63, 3.8) is 0 Å². The summed E-state index contributed by atoms with van der Waals surface area (Å²) in [4.78, 5) is 21.7. The highest BCUT2D eigenvalue weighted by atomic mass is 16.5. The van der Waals surface area contributed by atoms with Gasteiger partial charge in [0.1, 0.15) is 11.7 Å². The van der Waals surface area contributed by atoms with Crippen LogP contribution in [0.3, 0.4) is 0 Å². The third-order valence-corrected chi connectivity index (χ3v) is 5.48. The molecule has 148 valence electrons. The molecule has 0 bridgehead atoms. The lowest BCUT2D eigenvalue weighted by atomic mass is 9.99. The van der Waals surface area contributed by atoms with Gasteiger partial charge >= 0.3 is 0 Å². The van der Waals surface area contributed by atoms with E-state index in [1.165, 1.54) is 5.57 Å². The highest BCUT2D eigenvalue weighted by molar-refractivity contribution is 5.97. The number of carbonyl (C=O) groups excluding carboxylic acids is 1. The molecule has 0 unspecified atom stereocenters. The Morgan fingerprint density at radius 3 is 2.85 bits per heavy atom. The van der Waals surface area contributed by atoms with E-state index in [1.807, 2.05) is 33.3 Å². The van der Waals surface area contributed by atoms with Crippen molar-refractivity contribution >= 4 is 11.5 Å². The normalized spacial score (nSPS) is 24.1. The number of pyridine rings is 1. The Morgan fingerprint density at radius 1 is 1.44 bits per heavy atom. The van der Waals surface area contributed by atoms with Crippen molar-refractivity contribution in [3.8, 4) is 5.88 Å². The molecule has 0 aromatic carbocycles. The van der Waals surface area contributed by atoms with Crippen molar-refractivity contribution < 1.29 is 14.6 Å². The number of carbonyl (C=O) groups is 1. The van der Waals surface area contributed by atoms with Crippen molar-refractivity contribution in [2.45, 2.75) is 45.3 Å². The summed E-state index contributed by atoms with van der Waals surface area (Å²) in [6.45, 7) is 5.19. The molecular weight excluding hydrogens is 342 g/mol. The lowest BCUT2D eigenvalue weighted by Gasteiger charge is -2.37. The first-order chi connectivity index (χ1) is 12.9. The van der Waals surface area contributed by atoms with Crippen LogP contribution in [0.5, 0.6) is 5.88 Å². The topological polar surface area (TPSA) is 65.9 Å². The molecule has 0 spiro atoms. The molecule has 1 N–H and O–H groups in total. The summed E-state index contributed by atoms with van der Waals surface area (Å²) in [5, 5.41) is 9.68. The van der Waals surface area contributed by atoms with Crippen LogP contribution in [-0.4, -0.2) is 71.7 Å². The van der Waals surface area contributed by atoms with Gasteiger partial charge in [-0.1, -0.05) is 13.0 Å². The van der Waals surface area contributed by atoms with Crippen LogP contribution in [-0.2, 0) is 0 Å². The number of aromatic nitrogens is 1. The Labute approximate surface area is 161 Å². The molecule has 1 aliphatic carbocycles. The number of ether oxygens (including phenoxy) is 1. The number of aliphatic hydroxyl groups is 1. The number of fused-ring (bicyclic) bond motifs is 1. The van der Waals surface area contributed by atoms with Crippen LogP contribution in [0.1, 0.15) is 49.0 Å². The molecule has 0 saturated heterocycles. The van der Waals surface area contributed by atoms with Gasteiger partial charge in [0.25, 0.3) is 5.91 Å². The number of allylic oxidation sites excluding steroid dienone is 2. The molecule has 27 heavy (non-hydrogen) atoms. The first-order valence-electron chi connectivity index (χ1n) is 9.83. The predicted octanol–water partition coefficient (Wildman–Crippen LogP) is 2.43. The first kappa shape index (κ1) is 19.8. The van der Waals surface area contributed by atoms with E-state index in [0.717, 1.165) is 31.4 Å². The van der Waals surface area contributed by atoms with Gasteiger partial charge in [-0.25, -0.2) is 4.98 Å². The van der Waals surface area contributed by atoms with E-state index >= 15 is 0 Å². The maximum absolute atomic E-state index is 13.3. The Hall–Kier alpha value is -1.92. The van der Waals surface area contributed by atoms with Gasteiger partial charge in [0.2, 0.25) is 5.88 Å². The summed E-state index contributed by atoms with van der Waals surface area (Å²) >= 11 is 0. The molecule has 0 saturated carbocycles. The van der Waals surface area contributed by atoms with Crippen molar-refractivity contribution in [2.75, 3.05) is 33.8 Å². The standard InChI is InChI=1S/C21H31N3O3/c1-14-11-24(15(2)13-25)21(26)18-9-17(16-7-5-6-8-16)10-22-20(18)27-19(14)12-23(3)4/h7,9-10,14-15,19,25H,5-6,8,11-13H2,1-4H3/t14-,15+,19+/m1/s1. The van der Waals surface area contributed by atoms with Gasteiger partial charge in [-0.3, -0.25) is 4.79 Å². The van der Waals surface area contributed by atoms with Gasteiger partial charge in [-0.05, 0) is 57.5 Å². The molecule has 3 rings (SSSR count). The van der Waals surface area contributed by atoms with Crippen molar-refractivity contribution in [3.05, 3.63) is 29.5 Å².